The molecule has 6 heteroatoms. The van der Waals surface area contributed by atoms with Crippen molar-refractivity contribution in [2.45, 2.75) is 0 Å². The van der Waals surface area contributed by atoms with Gasteiger partial charge in [0.2, 0.25) is 0 Å². The van der Waals surface area contributed by atoms with Gasteiger partial charge in [0, 0.05) is 24.2 Å². The molecule has 2 heterocycles. The largest absolute Gasteiger partial charge is 0.378 e. The molecule has 3 rings (SSSR count). The molecule has 1 aromatic heterocycles. The molecular formula is C15H14ClN3O2. The standard InChI is InChI=1S/C15H14ClN3O2/c16-14-10-17-9-13(18-14)11-1-3-12(4-2-11)15(20)19-5-7-21-8-6-19/h1-4,9-10H,5-8H2. The molecule has 0 radical (unpaired) electrons. The third-order valence-corrected chi connectivity index (χ3v) is 3.51. The number of rotatable bonds is 2. The first-order valence-electron chi connectivity index (χ1n) is 6.69. The molecule has 1 amide bonds. The zero-order chi connectivity index (χ0) is 14.7. The van der Waals surface area contributed by atoms with Gasteiger partial charge in [-0.25, -0.2) is 4.98 Å². The Hall–Kier alpha value is -1.98. The van der Waals surface area contributed by atoms with Crippen molar-refractivity contribution in [1.29, 1.82) is 0 Å². The Kier molecular flexibility index (Phi) is 4.13. The molecule has 5 nitrogen and oxygen atoms in total. The number of aromatic nitrogens is 2. The van der Waals surface area contributed by atoms with Gasteiger partial charge in [0.05, 0.1) is 31.3 Å². The lowest BCUT2D eigenvalue weighted by Crippen LogP contribution is -2.40. The van der Waals surface area contributed by atoms with E-state index in [1.165, 1.54) is 6.20 Å². The second-order valence-electron chi connectivity index (χ2n) is 4.71. The Morgan fingerprint density at radius 3 is 2.52 bits per heavy atom. The van der Waals surface area contributed by atoms with E-state index in [0.29, 0.717) is 42.7 Å². The second kappa shape index (κ2) is 6.20. The molecule has 0 spiro atoms. The first-order chi connectivity index (χ1) is 10.2. The maximum atomic E-state index is 12.3. The van der Waals surface area contributed by atoms with Gasteiger partial charge in [0.15, 0.2) is 0 Å². The molecule has 0 unspecified atom stereocenters. The molecule has 108 valence electrons. The van der Waals surface area contributed by atoms with E-state index in [4.69, 9.17) is 16.3 Å². The van der Waals surface area contributed by atoms with Crippen LogP contribution in [0.3, 0.4) is 0 Å². The van der Waals surface area contributed by atoms with Crippen molar-refractivity contribution in [1.82, 2.24) is 14.9 Å². The Morgan fingerprint density at radius 2 is 1.86 bits per heavy atom. The summed E-state index contributed by atoms with van der Waals surface area (Å²) in [5, 5.41) is 0.348. The predicted octanol–water partition coefficient (Wildman–Crippen LogP) is 2.27. The zero-order valence-electron chi connectivity index (χ0n) is 11.3. The molecule has 2 aromatic rings. The minimum absolute atomic E-state index is 0.0297. The molecule has 1 aromatic carbocycles. The summed E-state index contributed by atoms with van der Waals surface area (Å²) in [6, 6.07) is 7.31. The monoisotopic (exact) mass is 303 g/mol. The van der Waals surface area contributed by atoms with Crippen LogP contribution in [0.4, 0.5) is 0 Å². The number of hydrogen-bond acceptors (Lipinski definition) is 4. The number of ether oxygens (including phenoxy) is 1. The maximum absolute atomic E-state index is 12.3. The van der Waals surface area contributed by atoms with E-state index in [-0.39, 0.29) is 5.91 Å². The SMILES string of the molecule is O=C(c1ccc(-c2cncc(Cl)n2)cc1)N1CCOCC1. The summed E-state index contributed by atoms with van der Waals surface area (Å²) in [4.78, 5) is 22.3. The van der Waals surface area contributed by atoms with Gasteiger partial charge in [0.1, 0.15) is 5.15 Å². The van der Waals surface area contributed by atoms with Crippen LogP contribution in [-0.4, -0.2) is 47.1 Å². The fourth-order valence-electron chi connectivity index (χ4n) is 2.21. The predicted molar refractivity (Wildman–Crippen MR) is 79.2 cm³/mol. The van der Waals surface area contributed by atoms with Crippen LogP contribution in [0.2, 0.25) is 5.15 Å². The molecule has 1 aliphatic rings. The van der Waals surface area contributed by atoms with Gasteiger partial charge >= 0.3 is 0 Å². The average Bonchev–Trinajstić information content (AvgIpc) is 2.55. The Labute approximate surface area is 127 Å². The maximum Gasteiger partial charge on any atom is 0.254 e. The number of halogens is 1. The summed E-state index contributed by atoms with van der Waals surface area (Å²) in [5.41, 5.74) is 2.23. The number of morpholine rings is 1. The highest BCUT2D eigenvalue weighted by Crippen LogP contribution is 2.19. The van der Waals surface area contributed by atoms with Gasteiger partial charge in [-0.2, -0.15) is 0 Å². The van der Waals surface area contributed by atoms with Gasteiger partial charge in [-0.05, 0) is 12.1 Å². The van der Waals surface area contributed by atoms with Crippen LogP contribution in [0, 0.1) is 0 Å². The molecule has 1 saturated heterocycles. The van der Waals surface area contributed by atoms with Crippen molar-refractivity contribution in [2.75, 3.05) is 26.3 Å². The van der Waals surface area contributed by atoms with Gasteiger partial charge in [-0.15, -0.1) is 0 Å². The number of carbonyl (C=O) groups is 1. The first kappa shape index (κ1) is 14.0. The van der Waals surface area contributed by atoms with Gasteiger partial charge in [-0.3, -0.25) is 9.78 Å². The number of amides is 1. The third kappa shape index (κ3) is 3.20. The quantitative estimate of drug-likeness (QED) is 0.854. The van der Waals surface area contributed by atoms with Crippen molar-refractivity contribution in [3.63, 3.8) is 0 Å². The molecule has 1 aliphatic heterocycles. The molecule has 21 heavy (non-hydrogen) atoms. The average molecular weight is 304 g/mol. The smallest absolute Gasteiger partial charge is 0.254 e. The van der Waals surface area contributed by atoms with Crippen LogP contribution in [0.25, 0.3) is 11.3 Å². The van der Waals surface area contributed by atoms with E-state index in [9.17, 15) is 4.79 Å². The van der Waals surface area contributed by atoms with Gasteiger partial charge in [-0.1, -0.05) is 23.7 Å². The number of benzene rings is 1. The summed E-state index contributed by atoms with van der Waals surface area (Å²) in [6.07, 6.45) is 3.13. The fraction of sp³-hybridized carbons (Fsp3) is 0.267. The lowest BCUT2D eigenvalue weighted by atomic mass is 10.1. The van der Waals surface area contributed by atoms with Crippen molar-refractivity contribution in [2.24, 2.45) is 0 Å². The topological polar surface area (TPSA) is 55.3 Å². The highest BCUT2D eigenvalue weighted by molar-refractivity contribution is 6.29. The Bertz CT molecular complexity index is 640. The van der Waals surface area contributed by atoms with Crippen LogP contribution in [0.15, 0.2) is 36.7 Å². The zero-order valence-corrected chi connectivity index (χ0v) is 12.1. The normalized spacial score (nSPS) is 15.0. The van der Waals surface area contributed by atoms with E-state index < -0.39 is 0 Å². The summed E-state index contributed by atoms with van der Waals surface area (Å²) < 4.78 is 5.25. The van der Waals surface area contributed by atoms with E-state index in [2.05, 4.69) is 9.97 Å². The van der Waals surface area contributed by atoms with Gasteiger partial charge < -0.3 is 9.64 Å². The molecule has 0 N–H and O–H groups in total. The summed E-state index contributed by atoms with van der Waals surface area (Å²) in [5.74, 6) is 0.0297. The molecule has 0 bridgehead atoms. The van der Waals surface area contributed by atoms with E-state index in [1.54, 1.807) is 23.2 Å². The highest BCUT2D eigenvalue weighted by Gasteiger charge is 2.18. The number of hydrogen-bond donors (Lipinski definition) is 0. The number of carbonyl (C=O) groups excluding carboxylic acids is 1. The molecule has 0 atom stereocenters. The third-order valence-electron chi connectivity index (χ3n) is 3.33. The van der Waals surface area contributed by atoms with Crippen LogP contribution in [0.5, 0.6) is 0 Å². The van der Waals surface area contributed by atoms with E-state index >= 15 is 0 Å². The van der Waals surface area contributed by atoms with Crippen molar-refractivity contribution >= 4 is 17.5 Å². The molecular weight excluding hydrogens is 290 g/mol. The lowest BCUT2D eigenvalue weighted by Gasteiger charge is -2.26. The lowest BCUT2D eigenvalue weighted by molar-refractivity contribution is 0.0303. The van der Waals surface area contributed by atoms with Crippen molar-refractivity contribution in [3.8, 4) is 11.3 Å². The Balaban J connectivity index is 1.79. The van der Waals surface area contributed by atoms with Crippen LogP contribution in [0.1, 0.15) is 10.4 Å². The summed E-state index contributed by atoms with van der Waals surface area (Å²) >= 11 is 5.83. The second-order valence-corrected chi connectivity index (χ2v) is 5.10. The van der Waals surface area contributed by atoms with E-state index in [1.807, 2.05) is 12.1 Å². The molecule has 0 aliphatic carbocycles. The number of nitrogens with zero attached hydrogens (tertiary/aromatic N) is 3. The molecule has 1 fully saturated rings. The highest BCUT2D eigenvalue weighted by atomic mass is 35.5. The van der Waals surface area contributed by atoms with Crippen LogP contribution >= 0.6 is 11.6 Å². The van der Waals surface area contributed by atoms with Gasteiger partial charge in [0.25, 0.3) is 5.91 Å². The summed E-state index contributed by atoms with van der Waals surface area (Å²) in [6.45, 7) is 2.48. The van der Waals surface area contributed by atoms with E-state index in [0.717, 1.165) is 5.56 Å². The minimum atomic E-state index is 0.0297. The van der Waals surface area contributed by atoms with Crippen molar-refractivity contribution in [3.05, 3.63) is 47.4 Å². The Morgan fingerprint density at radius 1 is 1.14 bits per heavy atom. The molecule has 0 saturated carbocycles. The van der Waals surface area contributed by atoms with Crippen LogP contribution in [-0.2, 0) is 4.74 Å². The fourth-order valence-corrected chi connectivity index (χ4v) is 2.36. The minimum Gasteiger partial charge on any atom is -0.378 e. The van der Waals surface area contributed by atoms with Crippen molar-refractivity contribution < 1.29 is 9.53 Å². The first-order valence-corrected chi connectivity index (χ1v) is 7.07. The summed E-state index contributed by atoms with van der Waals surface area (Å²) in [7, 11) is 0. The van der Waals surface area contributed by atoms with Crippen LogP contribution < -0.4 is 0 Å².